The van der Waals surface area contributed by atoms with E-state index in [1.54, 1.807) is 6.33 Å². The van der Waals surface area contributed by atoms with Gasteiger partial charge >= 0.3 is 0 Å². The van der Waals surface area contributed by atoms with Crippen LogP contribution >= 0.6 is 0 Å². The van der Waals surface area contributed by atoms with Gasteiger partial charge in [0.15, 0.2) is 5.65 Å². The van der Waals surface area contributed by atoms with Crippen LogP contribution in [0.2, 0.25) is 0 Å². The van der Waals surface area contributed by atoms with Gasteiger partial charge in [0.2, 0.25) is 0 Å². The third kappa shape index (κ3) is 3.76. The number of ether oxygens (including phenoxy) is 1. The SMILES string of the molecule is COC1CN(C2CCC(c3ccc4[nH]c(-c5cn6ncnc6c(C)c5C)c(C(C)C)c4n3)CC2)C1. The Kier molecular flexibility index (Phi) is 5.65. The number of methoxy groups -OCH3 is 1. The predicted octanol–water partition coefficient (Wildman–Crippen LogP) is 5.37. The van der Waals surface area contributed by atoms with Crippen LogP contribution in [0.4, 0.5) is 0 Å². The summed E-state index contributed by atoms with van der Waals surface area (Å²) in [4.78, 5) is 16.1. The molecule has 0 aromatic carbocycles. The molecule has 0 unspecified atom stereocenters. The van der Waals surface area contributed by atoms with Gasteiger partial charge in [-0.25, -0.2) is 9.50 Å². The molecular formula is C28H36N6O. The topological polar surface area (TPSA) is 71.3 Å². The predicted molar refractivity (Wildman–Crippen MR) is 139 cm³/mol. The molecule has 0 atom stereocenters. The van der Waals surface area contributed by atoms with Gasteiger partial charge in [-0.3, -0.25) is 9.88 Å². The lowest BCUT2D eigenvalue weighted by Gasteiger charge is -2.45. The fourth-order valence-corrected chi connectivity index (χ4v) is 6.21. The first-order chi connectivity index (χ1) is 16.9. The van der Waals surface area contributed by atoms with E-state index >= 15 is 0 Å². The maximum atomic E-state index is 5.47. The number of nitrogens with zero attached hydrogens (tertiary/aromatic N) is 5. The van der Waals surface area contributed by atoms with Crippen LogP contribution in [0.1, 0.15) is 73.8 Å². The van der Waals surface area contributed by atoms with Crippen LogP contribution in [0.15, 0.2) is 24.7 Å². The second-order valence-corrected chi connectivity index (χ2v) is 10.8. The highest BCUT2D eigenvalue weighted by atomic mass is 16.5. The first-order valence-corrected chi connectivity index (χ1v) is 13.0. The number of fused-ring (bicyclic) bond motifs is 2. The molecule has 2 aliphatic rings. The number of H-pyrrole nitrogens is 1. The lowest BCUT2D eigenvalue weighted by molar-refractivity contribution is -0.0579. The number of aromatic nitrogens is 5. The summed E-state index contributed by atoms with van der Waals surface area (Å²) in [6.45, 7) is 11.0. The normalized spacial score (nSPS) is 21.9. The van der Waals surface area contributed by atoms with Gasteiger partial charge in [0.05, 0.1) is 22.8 Å². The van der Waals surface area contributed by atoms with E-state index < -0.39 is 0 Å². The highest BCUT2D eigenvalue weighted by molar-refractivity contribution is 5.89. The minimum Gasteiger partial charge on any atom is -0.379 e. The molecule has 0 spiro atoms. The third-order valence-electron chi connectivity index (χ3n) is 8.51. The molecule has 4 aromatic rings. The number of aromatic amines is 1. The highest BCUT2D eigenvalue weighted by Gasteiger charge is 2.35. The molecule has 1 saturated heterocycles. The standard InChI is InChI=1S/C28H36N6O/c1-16(2)25-26(22-14-34-28(29-15-30-34)18(4)17(22)3)32-24-11-10-23(31-27(24)25)19-6-8-20(9-7-19)33-12-21(13-33)35-5/h10-11,14-16,19-21,32H,6-9,12-13H2,1-5H3. The van der Waals surface area contributed by atoms with Crippen molar-refractivity contribution < 1.29 is 4.74 Å². The zero-order valence-electron chi connectivity index (χ0n) is 21.5. The molecule has 6 rings (SSSR count). The Morgan fingerprint density at radius 2 is 1.83 bits per heavy atom. The van der Waals surface area contributed by atoms with E-state index in [9.17, 15) is 0 Å². The second kappa shape index (κ2) is 8.71. The summed E-state index contributed by atoms with van der Waals surface area (Å²) in [5, 5.41) is 4.41. The van der Waals surface area contributed by atoms with Gasteiger partial charge in [-0.15, -0.1) is 0 Å². The third-order valence-corrected chi connectivity index (χ3v) is 8.51. The summed E-state index contributed by atoms with van der Waals surface area (Å²) < 4.78 is 7.36. The van der Waals surface area contributed by atoms with Crippen molar-refractivity contribution in [2.24, 2.45) is 0 Å². The van der Waals surface area contributed by atoms with Gasteiger partial charge in [0.1, 0.15) is 6.33 Å². The minimum atomic E-state index is 0.350. The van der Waals surface area contributed by atoms with Gasteiger partial charge in [0.25, 0.3) is 0 Å². The summed E-state index contributed by atoms with van der Waals surface area (Å²) in [7, 11) is 1.83. The van der Waals surface area contributed by atoms with Crippen LogP contribution in [-0.4, -0.2) is 61.8 Å². The lowest BCUT2D eigenvalue weighted by Crippen LogP contribution is -2.56. The van der Waals surface area contributed by atoms with Crippen LogP contribution in [0.5, 0.6) is 0 Å². The van der Waals surface area contributed by atoms with Gasteiger partial charge in [0, 0.05) is 55.2 Å². The molecule has 184 valence electrons. The molecule has 1 N–H and O–H groups in total. The van der Waals surface area contributed by atoms with Gasteiger partial charge in [-0.2, -0.15) is 5.10 Å². The van der Waals surface area contributed by atoms with Crippen molar-refractivity contribution in [2.45, 2.75) is 77.4 Å². The van der Waals surface area contributed by atoms with Gasteiger partial charge in [-0.05, 0) is 68.7 Å². The highest BCUT2D eigenvalue weighted by Crippen LogP contribution is 2.40. The molecule has 4 aromatic heterocycles. The Balaban J connectivity index is 1.32. The molecule has 35 heavy (non-hydrogen) atoms. The average molecular weight is 473 g/mol. The summed E-state index contributed by atoms with van der Waals surface area (Å²) in [6, 6.07) is 5.21. The first-order valence-electron chi connectivity index (χ1n) is 13.0. The van der Waals surface area contributed by atoms with Crippen molar-refractivity contribution in [3.63, 3.8) is 0 Å². The van der Waals surface area contributed by atoms with Crippen molar-refractivity contribution in [1.29, 1.82) is 0 Å². The van der Waals surface area contributed by atoms with Crippen molar-refractivity contribution in [1.82, 2.24) is 29.5 Å². The Hall–Kier alpha value is -2.77. The summed E-state index contributed by atoms with van der Waals surface area (Å²) in [5.41, 5.74) is 10.4. The van der Waals surface area contributed by atoms with Gasteiger partial charge < -0.3 is 9.72 Å². The minimum absolute atomic E-state index is 0.350. The zero-order chi connectivity index (χ0) is 24.3. The number of pyridine rings is 2. The Morgan fingerprint density at radius 1 is 1.06 bits per heavy atom. The quantitative estimate of drug-likeness (QED) is 0.423. The Bertz CT molecular complexity index is 1370. The van der Waals surface area contributed by atoms with E-state index in [4.69, 9.17) is 9.72 Å². The van der Waals surface area contributed by atoms with Crippen LogP contribution in [0.3, 0.4) is 0 Å². The number of rotatable bonds is 5. The molecule has 0 amide bonds. The molecule has 7 nitrogen and oxygen atoms in total. The van der Waals surface area contributed by atoms with Crippen molar-refractivity contribution in [3.05, 3.63) is 47.0 Å². The van der Waals surface area contributed by atoms with E-state index in [1.165, 1.54) is 48.1 Å². The zero-order valence-corrected chi connectivity index (χ0v) is 21.5. The number of hydrogen-bond acceptors (Lipinski definition) is 5. The molecule has 5 heterocycles. The summed E-state index contributed by atoms with van der Waals surface area (Å²) in [5.74, 6) is 0.896. The number of nitrogens with one attached hydrogen (secondary N) is 1. The van der Waals surface area contributed by atoms with E-state index in [0.717, 1.165) is 41.0 Å². The average Bonchev–Trinajstić information content (AvgIpc) is 3.45. The van der Waals surface area contributed by atoms with Gasteiger partial charge in [-0.1, -0.05) is 13.8 Å². The fourth-order valence-electron chi connectivity index (χ4n) is 6.21. The smallest absolute Gasteiger partial charge is 0.158 e. The molecule has 1 aliphatic carbocycles. The molecule has 7 heteroatoms. The first kappa shape index (κ1) is 22.7. The van der Waals surface area contributed by atoms with E-state index in [-0.39, 0.29) is 0 Å². The summed E-state index contributed by atoms with van der Waals surface area (Å²) in [6.07, 6.45) is 9.11. The van der Waals surface area contributed by atoms with Crippen molar-refractivity contribution in [2.75, 3.05) is 20.2 Å². The van der Waals surface area contributed by atoms with Crippen molar-refractivity contribution >= 4 is 16.7 Å². The number of aryl methyl sites for hydroxylation is 1. The molecule has 0 radical (unpaired) electrons. The van der Waals surface area contributed by atoms with Crippen LogP contribution in [0.25, 0.3) is 27.9 Å². The molecule has 2 fully saturated rings. The largest absolute Gasteiger partial charge is 0.379 e. The fraction of sp³-hybridized carbons (Fsp3) is 0.536. The van der Waals surface area contributed by atoms with E-state index in [2.05, 4.69) is 66.0 Å². The molecule has 1 aliphatic heterocycles. The van der Waals surface area contributed by atoms with E-state index in [0.29, 0.717) is 24.0 Å². The van der Waals surface area contributed by atoms with Crippen LogP contribution < -0.4 is 0 Å². The lowest BCUT2D eigenvalue weighted by atomic mass is 9.82. The second-order valence-electron chi connectivity index (χ2n) is 10.8. The van der Waals surface area contributed by atoms with Crippen LogP contribution in [0, 0.1) is 13.8 Å². The monoisotopic (exact) mass is 472 g/mol. The van der Waals surface area contributed by atoms with Crippen molar-refractivity contribution in [3.8, 4) is 11.3 Å². The molecule has 1 saturated carbocycles. The van der Waals surface area contributed by atoms with Crippen LogP contribution in [-0.2, 0) is 4.74 Å². The number of hydrogen-bond donors (Lipinski definition) is 1. The maximum absolute atomic E-state index is 5.47. The Morgan fingerprint density at radius 3 is 2.54 bits per heavy atom. The molecule has 0 bridgehead atoms. The molecular weight excluding hydrogens is 436 g/mol. The number of likely N-dealkylation sites (tertiary alicyclic amines) is 1. The summed E-state index contributed by atoms with van der Waals surface area (Å²) >= 11 is 0. The van der Waals surface area contributed by atoms with E-state index in [1.807, 2.05) is 11.6 Å². The maximum Gasteiger partial charge on any atom is 0.158 e. The Labute approximate surface area is 206 Å².